The van der Waals surface area contributed by atoms with Crippen LogP contribution < -0.4 is 0 Å². The zero-order valence-corrected chi connectivity index (χ0v) is 14.6. The van der Waals surface area contributed by atoms with Crippen molar-refractivity contribution >= 4 is 5.97 Å². The first-order chi connectivity index (χ1) is 11.1. The normalized spacial score (nSPS) is 22.0. The van der Waals surface area contributed by atoms with Gasteiger partial charge in [-0.3, -0.25) is 4.79 Å². The summed E-state index contributed by atoms with van der Waals surface area (Å²) in [5, 5.41) is 18.4. The van der Waals surface area contributed by atoms with Gasteiger partial charge in [-0.15, -0.1) is 0 Å². The summed E-state index contributed by atoms with van der Waals surface area (Å²) in [6, 6.07) is 0. The third kappa shape index (κ3) is 11.1. The first kappa shape index (κ1) is 20.0. The standard InChI is InChI=1S/C20H34O3/c1-2-3-7-13-19(21)14-10-12-18-16-17(18)11-8-5-4-6-9-15-20(22)23/h4-5,10,14,17-19,21H,2-3,6-9,11-13,15-16H2,1H3,(H,22,23)/b5-4+,14-10+/t17-,18-,19-/m0/s1. The van der Waals surface area contributed by atoms with Gasteiger partial charge in [0.2, 0.25) is 0 Å². The summed E-state index contributed by atoms with van der Waals surface area (Å²) < 4.78 is 0. The van der Waals surface area contributed by atoms with E-state index in [2.05, 4.69) is 25.2 Å². The van der Waals surface area contributed by atoms with Crippen molar-refractivity contribution in [2.75, 3.05) is 0 Å². The second kappa shape index (κ2) is 12.3. The average Bonchev–Trinajstić information content (AvgIpc) is 3.24. The number of carbonyl (C=O) groups is 1. The van der Waals surface area contributed by atoms with E-state index in [9.17, 15) is 9.90 Å². The summed E-state index contributed by atoms with van der Waals surface area (Å²) in [6.45, 7) is 2.18. The number of carboxylic acids is 1. The monoisotopic (exact) mass is 322 g/mol. The van der Waals surface area contributed by atoms with Gasteiger partial charge in [0, 0.05) is 6.42 Å². The third-order valence-corrected chi connectivity index (χ3v) is 4.60. The highest BCUT2D eigenvalue weighted by Crippen LogP contribution is 2.44. The minimum absolute atomic E-state index is 0.257. The molecule has 132 valence electrons. The average molecular weight is 322 g/mol. The van der Waals surface area contributed by atoms with Crippen molar-refractivity contribution < 1.29 is 15.0 Å². The van der Waals surface area contributed by atoms with Crippen LogP contribution in [0.3, 0.4) is 0 Å². The lowest BCUT2D eigenvalue weighted by atomic mass is 10.1. The maximum absolute atomic E-state index is 10.4. The Bertz CT molecular complexity index is 373. The van der Waals surface area contributed by atoms with E-state index in [4.69, 9.17) is 5.11 Å². The Balaban J connectivity index is 1.96. The van der Waals surface area contributed by atoms with E-state index < -0.39 is 5.97 Å². The fourth-order valence-electron chi connectivity index (χ4n) is 2.98. The quantitative estimate of drug-likeness (QED) is 0.345. The molecule has 3 atom stereocenters. The van der Waals surface area contributed by atoms with Gasteiger partial charge < -0.3 is 10.2 Å². The fourth-order valence-corrected chi connectivity index (χ4v) is 2.98. The molecule has 1 aliphatic rings. The molecule has 0 spiro atoms. The first-order valence-electron chi connectivity index (χ1n) is 9.35. The molecule has 0 radical (unpaired) electrons. The Labute approximate surface area is 141 Å². The maximum atomic E-state index is 10.4. The summed E-state index contributed by atoms with van der Waals surface area (Å²) in [7, 11) is 0. The van der Waals surface area contributed by atoms with Crippen molar-refractivity contribution in [3.05, 3.63) is 24.3 Å². The highest BCUT2D eigenvalue weighted by atomic mass is 16.4. The molecule has 0 amide bonds. The summed E-state index contributed by atoms with van der Waals surface area (Å²) in [5.74, 6) is 0.956. The number of rotatable bonds is 14. The lowest BCUT2D eigenvalue weighted by molar-refractivity contribution is -0.137. The molecular formula is C20H34O3. The van der Waals surface area contributed by atoms with Gasteiger partial charge in [0.25, 0.3) is 0 Å². The van der Waals surface area contributed by atoms with Gasteiger partial charge in [-0.05, 0) is 56.8 Å². The minimum atomic E-state index is -0.706. The van der Waals surface area contributed by atoms with Gasteiger partial charge in [-0.25, -0.2) is 0 Å². The molecule has 0 aromatic rings. The van der Waals surface area contributed by atoms with E-state index in [0.717, 1.165) is 50.4 Å². The van der Waals surface area contributed by atoms with Gasteiger partial charge in [0.15, 0.2) is 0 Å². The summed E-state index contributed by atoms with van der Waals surface area (Å²) in [6.07, 6.45) is 19.3. The van der Waals surface area contributed by atoms with Crippen molar-refractivity contribution in [1.82, 2.24) is 0 Å². The smallest absolute Gasteiger partial charge is 0.303 e. The van der Waals surface area contributed by atoms with Crippen molar-refractivity contribution in [2.45, 2.75) is 83.7 Å². The highest BCUT2D eigenvalue weighted by Gasteiger charge is 2.34. The second-order valence-electron chi connectivity index (χ2n) is 6.82. The lowest BCUT2D eigenvalue weighted by Gasteiger charge is -2.04. The van der Waals surface area contributed by atoms with Crippen LogP contribution in [0.25, 0.3) is 0 Å². The van der Waals surface area contributed by atoms with Crippen molar-refractivity contribution in [3.63, 3.8) is 0 Å². The molecule has 3 nitrogen and oxygen atoms in total. The molecule has 0 aromatic carbocycles. The fraction of sp³-hybridized carbons (Fsp3) is 0.750. The molecule has 1 fully saturated rings. The molecule has 2 N–H and O–H groups in total. The number of hydrogen-bond acceptors (Lipinski definition) is 2. The van der Waals surface area contributed by atoms with Gasteiger partial charge >= 0.3 is 5.97 Å². The first-order valence-corrected chi connectivity index (χ1v) is 9.35. The number of aliphatic hydroxyl groups excluding tert-OH is 1. The molecule has 0 saturated heterocycles. The molecule has 1 rings (SSSR count). The number of hydrogen-bond donors (Lipinski definition) is 2. The van der Waals surface area contributed by atoms with Crippen LogP contribution in [0.5, 0.6) is 0 Å². The molecule has 0 aliphatic heterocycles. The Hall–Kier alpha value is -1.09. The van der Waals surface area contributed by atoms with Gasteiger partial charge in [0.05, 0.1) is 6.10 Å². The molecule has 0 bridgehead atoms. The van der Waals surface area contributed by atoms with Gasteiger partial charge in [0.1, 0.15) is 0 Å². The zero-order valence-electron chi connectivity index (χ0n) is 14.6. The minimum Gasteiger partial charge on any atom is -0.481 e. The van der Waals surface area contributed by atoms with Crippen LogP contribution in [0.2, 0.25) is 0 Å². The summed E-state index contributed by atoms with van der Waals surface area (Å²) >= 11 is 0. The molecule has 1 aliphatic carbocycles. The van der Waals surface area contributed by atoms with Crippen LogP contribution in [0.4, 0.5) is 0 Å². The predicted octanol–water partition coefficient (Wildman–Crippen LogP) is 5.10. The summed E-state index contributed by atoms with van der Waals surface area (Å²) in [5.41, 5.74) is 0. The molecule has 0 aromatic heterocycles. The lowest BCUT2D eigenvalue weighted by Crippen LogP contribution is -2.01. The van der Waals surface area contributed by atoms with Crippen molar-refractivity contribution in [2.24, 2.45) is 11.8 Å². The van der Waals surface area contributed by atoms with Crippen molar-refractivity contribution in [1.29, 1.82) is 0 Å². The van der Waals surface area contributed by atoms with Crippen LogP contribution >= 0.6 is 0 Å². The molecule has 3 heteroatoms. The Morgan fingerprint density at radius 2 is 1.91 bits per heavy atom. The van der Waals surface area contributed by atoms with Crippen molar-refractivity contribution in [3.8, 4) is 0 Å². The van der Waals surface area contributed by atoms with E-state index in [-0.39, 0.29) is 12.5 Å². The molecule has 0 heterocycles. The molecular weight excluding hydrogens is 288 g/mol. The van der Waals surface area contributed by atoms with Crippen LogP contribution in [0.15, 0.2) is 24.3 Å². The van der Waals surface area contributed by atoms with Crippen LogP contribution in [-0.2, 0) is 4.79 Å². The number of aliphatic carboxylic acids is 1. The van der Waals surface area contributed by atoms with Crippen LogP contribution in [0, 0.1) is 11.8 Å². The van der Waals surface area contributed by atoms with Gasteiger partial charge in [-0.1, -0.05) is 50.5 Å². The van der Waals surface area contributed by atoms with E-state index in [1.165, 1.54) is 25.7 Å². The van der Waals surface area contributed by atoms with E-state index >= 15 is 0 Å². The van der Waals surface area contributed by atoms with E-state index in [1.54, 1.807) is 0 Å². The SMILES string of the molecule is CCCCC[C@H](O)/C=C/C[C@H]1C[C@@H]1CC/C=C/CCCC(=O)O. The molecule has 1 saturated carbocycles. The zero-order chi connectivity index (χ0) is 16.9. The second-order valence-corrected chi connectivity index (χ2v) is 6.82. The number of allylic oxidation sites excluding steroid dienone is 3. The number of unbranched alkanes of at least 4 members (excludes halogenated alkanes) is 3. The topological polar surface area (TPSA) is 57.5 Å². The molecule has 23 heavy (non-hydrogen) atoms. The third-order valence-electron chi connectivity index (χ3n) is 4.60. The molecule has 0 unspecified atom stereocenters. The number of aliphatic hydroxyl groups is 1. The van der Waals surface area contributed by atoms with Crippen LogP contribution in [0.1, 0.15) is 77.6 Å². The Morgan fingerprint density at radius 1 is 1.13 bits per heavy atom. The maximum Gasteiger partial charge on any atom is 0.303 e. The largest absolute Gasteiger partial charge is 0.481 e. The van der Waals surface area contributed by atoms with E-state index in [1.807, 2.05) is 6.08 Å². The highest BCUT2D eigenvalue weighted by molar-refractivity contribution is 5.66. The van der Waals surface area contributed by atoms with Gasteiger partial charge in [-0.2, -0.15) is 0 Å². The number of carboxylic acid groups (broad SMARTS) is 1. The van der Waals surface area contributed by atoms with Crippen LogP contribution in [-0.4, -0.2) is 22.3 Å². The summed E-state index contributed by atoms with van der Waals surface area (Å²) in [4.78, 5) is 10.4. The Morgan fingerprint density at radius 3 is 2.65 bits per heavy atom. The predicted molar refractivity (Wildman–Crippen MR) is 95.4 cm³/mol. The Kier molecular flexibility index (Phi) is 10.7. The van der Waals surface area contributed by atoms with E-state index in [0.29, 0.717) is 0 Å².